The first-order valence-electron chi connectivity index (χ1n) is 7.28. The van der Waals surface area contributed by atoms with Crippen LogP contribution in [0.5, 0.6) is 0 Å². The molecule has 0 fully saturated rings. The van der Waals surface area contributed by atoms with Gasteiger partial charge in [-0.05, 0) is 19.3 Å². The van der Waals surface area contributed by atoms with Gasteiger partial charge in [-0.3, -0.25) is 0 Å². The summed E-state index contributed by atoms with van der Waals surface area (Å²) in [6, 6.07) is 0. The molecular weight excluding hydrogens is 244 g/mol. The van der Waals surface area contributed by atoms with E-state index in [1.165, 1.54) is 0 Å². The van der Waals surface area contributed by atoms with Gasteiger partial charge in [0.05, 0.1) is 18.3 Å². The second-order valence-electron chi connectivity index (χ2n) is 4.81. The fraction of sp³-hybridized carbons (Fsp3) is 0.800. The fourth-order valence-electron chi connectivity index (χ4n) is 1.72. The maximum atomic E-state index is 11.6. The zero-order valence-corrected chi connectivity index (χ0v) is 12.1. The van der Waals surface area contributed by atoms with Crippen molar-refractivity contribution in [1.29, 1.82) is 0 Å². The highest BCUT2D eigenvalue weighted by molar-refractivity contribution is 5.88. The minimum absolute atomic E-state index is 0.152. The van der Waals surface area contributed by atoms with Gasteiger partial charge in [-0.25, -0.2) is 4.79 Å². The van der Waals surface area contributed by atoms with Gasteiger partial charge < -0.3 is 14.9 Å². The van der Waals surface area contributed by atoms with E-state index in [0.717, 1.165) is 44.9 Å². The molecule has 0 spiro atoms. The quantitative estimate of drug-likeness (QED) is 0.325. The van der Waals surface area contributed by atoms with Crippen molar-refractivity contribution < 1.29 is 19.7 Å². The summed E-state index contributed by atoms with van der Waals surface area (Å²) in [4.78, 5) is 11.6. The molecule has 0 aromatic rings. The summed E-state index contributed by atoms with van der Waals surface area (Å²) in [5.74, 6) is -0.487. The smallest absolute Gasteiger partial charge is 0.336 e. The summed E-state index contributed by atoms with van der Waals surface area (Å²) in [7, 11) is 0. The molecule has 112 valence electrons. The Hall–Kier alpha value is -0.870. The highest BCUT2D eigenvalue weighted by Gasteiger charge is 2.17. The number of carbonyl (C=O) groups excluding carboxylic acids is 1. The number of hydrogen-bond donors (Lipinski definition) is 2. The van der Waals surface area contributed by atoms with Crippen LogP contribution in [0.4, 0.5) is 0 Å². The lowest BCUT2D eigenvalue weighted by Gasteiger charge is -2.13. The third kappa shape index (κ3) is 9.68. The summed E-state index contributed by atoms with van der Waals surface area (Å²) in [6.07, 6.45) is 6.17. The van der Waals surface area contributed by atoms with E-state index in [1.807, 2.05) is 0 Å². The van der Waals surface area contributed by atoms with Crippen LogP contribution in [0.2, 0.25) is 0 Å². The predicted octanol–water partition coefficient (Wildman–Crippen LogP) is 2.58. The molecule has 4 nitrogen and oxygen atoms in total. The van der Waals surface area contributed by atoms with Crippen LogP contribution < -0.4 is 0 Å². The Bertz CT molecular complexity index is 251. The van der Waals surface area contributed by atoms with Crippen molar-refractivity contribution in [2.24, 2.45) is 0 Å². The van der Waals surface area contributed by atoms with Gasteiger partial charge in [0.25, 0.3) is 0 Å². The van der Waals surface area contributed by atoms with Crippen LogP contribution in [-0.4, -0.2) is 35.5 Å². The van der Waals surface area contributed by atoms with Gasteiger partial charge in [-0.15, -0.1) is 0 Å². The van der Waals surface area contributed by atoms with E-state index in [4.69, 9.17) is 9.84 Å². The van der Waals surface area contributed by atoms with Crippen LogP contribution >= 0.6 is 0 Å². The van der Waals surface area contributed by atoms with E-state index < -0.39 is 12.1 Å². The van der Waals surface area contributed by atoms with Crippen LogP contribution in [0, 0.1) is 0 Å². The molecule has 0 radical (unpaired) electrons. The van der Waals surface area contributed by atoms with Crippen molar-refractivity contribution in [2.45, 2.75) is 64.4 Å². The highest BCUT2D eigenvalue weighted by Crippen LogP contribution is 2.12. The number of aliphatic hydroxyl groups excluding tert-OH is 2. The second kappa shape index (κ2) is 12.2. The van der Waals surface area contributed by atoms with Crippen molar-refractivity contribution in [3.63, 3.8) is 0 Å². The average Bonchev–Trinajstić information content (AvgIpc) is 2.42. The summed E-state index contributed by atoms with van der Waals surface area (Å²) >= 11 is 0. The Morgan fingerprint density at radius 3 is 2.47 bits per heavy atom. The summed E-state index contributed by atoms with van der Waals surface area (Å²) in [6.45, 7) is 6.29. The molecule has 4 heteroatoms. The molecular formula is C15H28O4. The second-order valence-corrected chi connectivity index (χ2v) is 4.81. The van der Waals surface area contributed by atoms with Gasteiger partial charge in [-0.2, -0.15) is 0 Å². The topological polar surface area (TPSA) is 66.8 Å². The summed E-state index contributed by atoms with van der Waals surface area (Å²) in [5, 5.41) is 18.4. The molecule has 0 aromatic heterocycles. The third-order valence-electron chi connectivity index (χ3n) is 3.03. The highest BCUT2D eigenvalue weighted by atomic mass is 16.5. The molecule has 0 heterocycles. The van der Waals surface area contributed by atoms with E-state index in [-0.39, 0.29) is 12.2 Å². The first-order valence-corrected chi connectivity index (χ1v) is 7.28. The van der Waals surface area contributed by atoms with E-state index in [2.05, 4.69) is 13.5 Å². The lowest BCUT2D eigenvalue weighted by molar-refractivity contribution is -0.140. The Kier molecular flexibility index (Phi) is 11.6. The standard InChI is InChI=1S/C15H28O4/c1-3-4-9-12-19-15(18)13(2)14(17)10-7-5-6-8-11-16/h14,16-17H,2-12H2,1H3. The molecule has 0 aliphatic rings. The van der Waals surface area contributed by atoms with E-state index in [9.17, 15) is 9.90 Å². The summed E-state index contributed by atoms with van der Waals surface area (Å²) in [5.41, 5.74) is 0.152. The number of carbonyl (C=O) groups is 1. The van der Waals surface area contributed by atoms with Gasteiger partial charge in [-0.1, -0.05) is 45.6 Å². The van der Waals surface area contributed by atoms with Crippen molar-refractivity contribution >= 4 is 5.97 Å². The molecule has 0 amide bonds. The zero-order valence-electron chi connectivity index (χ0n) is 12.1. The Morgan fingerprint density at radius 1 is 1.16 bits per heavy atom. The number of rotatable bonds is 12. The molecule has 1 atom stereocenters. The lowest BCUT2D eigenvalue weighted by Crippen LogP contribution is -2.19. The SMILES string of the molecule is C=C(C(=O)OCCCCC)C(O)CCCCCCO. The average molecular weight is 272 g/mol. The number of esters is 1. The van der Waals surface area contributed by atoms with E-state index >= 15 is 0 Å². The van der Waals surface area contributed by atoms with Gasteiger partial charge in [0.15, 0.2) is 0 Å². The molecule has 2 N–H and O–H groups in total. The first-order chi connectivity index (χ1) is 9.13. The Balaban J connectivity index is 3.69. The largest absolute Gasteiger partial charge is 0.462 e. The number of ether oxygens (including phenoxy) is 1. The molecule has 0 saturated carbocycles. The van der Waals surface area contributed by atoms with Crippen LogP contribution in [0.1, 0.15) is 58.3 Å². The zero-order chi connectivity index (χ0) is 14.5. The van der Waals surface area contributed by atoms with Gasteiger partial charge in [0, 0.05) is 6.61 Å². The normalized spacial score (nSPS) is 12.2. The minimum Gasteiger partial charge on any atom is -0.462 e. The number of aliphatic hydroxyl groups is 2. The minimum atomic E-state index is -0.812. The molecule has 0 saturated heterocycles. The van der Waals surface area contributed by atoms with Crippen LogP contribution in [0.25, 0.3) is 0 Å². The van der Waals surface area contributed by atoms with Crippen molar-refractivity contribution in [2.75, 3.05) is 13.2 Å². The molecule has 0 aliphatic heterocycles. The van der Waals surface area contributed by atoms with Crippen LogP contribution in [-0.2, 0) is 9.53 Å². The first kappa shape index (κ1) is 18.1. The predicted molar refractivity (Wildman–Crippen MR) is 75.8 cm³/mol. The number of hydrogen-bond acceptors (Lipinski definition) is 4. The number of unbranched alkanes of at least 4 members (excludes halogenated alkanes) is 5. The van der Waals surface area contributed by atoms with Gasteiger partial charge in [0.2, 0.25) is 0 Å². The monoisotopic (exact) mass is 272 g/mol. The maximum Gasteiger partial charge on any atom is 0.336 e. The molecule has 0 bridgehead atoms. The molecule has 0 rings (SSSR count). The molecule has 0 aromatic carbocycles. The van der Waals surface area contributed by atoms with Crippen molar-refractivity contribution in [1.82, 2.24) is 0 Å². The van der Waals surface area contributed by atoms with Gasteiger partial charge >= 0.3 is 5.97 Å². The van der Waals surface area contributed by atoms with Crippen molar-refractivity contribution in [3.05, 3.63) is 12.2 Å². The van der Waals surface area contributed by atoms with Crippen LogP contribution in [0.3, 0.4) is 0 Å². The van der Waals surface area contributed by atoms with E-state index in [0.29, 0.717) is 13.0 Å². The maximum absolute atomic E-state index is 11.6. The lowest BCUT2D eigenvalue weighted by atomic mass is 10.0. The fourth-order valence-corrected chi connectivity index (χ4v) is 1.72. The Labute approximate surface area is 116 Å². The van der Waals surface area contributed by atoms with Crippen LogP contribution in [0.15, 0.2) is 12.2 Å². The van der Waals surface area contributed by atoms with Crippen molar-refractivity contribution in [3.8, 4) is 0 Å². The third-order valence-corrected chi connectivity index (χ3v) is 3.03. The summed E-state index contributed by atoms with van der Waals surface area (Å²) < 4.78 is 5.04. The Morgan fingerprint density at radius 2 is 1.84 bits per heavy atom. The van der Waals surface area contributed by atoms with E-state index in [1.54, 1.807) is 0 Å². The molecule has 1 unspecified atom stereocenters. The molecule has 19 heavy (non-hydrogen) atoms. The molecule has 0 aliphatic carbocycles. The van der Waals surface area contributed by atoms with Gasteiger partial charge in [0.1, 0.15) is 0 Å².